The van der Waals surface area contributed by atoms with Gasteiger partial charge < -0.3 is 13.9 Å². The van der Waals surface area contributed by atoms with Gasteiger partial charge in [-0.1, -0.05) is 127 Å². The lowest BCUT2D eigenvalue weighted by Gasteiger charge is -2.27. The van der Waals surface area contributed by atoms with Gasteiger partial charge in [0.1, 0.15) is 11.2 Å². The minimum atomic E-state index is 0.872. The van der Waals surface area contributed by atoms with Gasteiger partial charge in [0.25, 0.3) is 0 Å². The molecule has 0 saturated carbocycles. The molecule has 9 aromatic carbocycles. The van der Waals surface area contributed by atoms with Gasteiger partial charge in [0.05, 0.1) is 32.5 Å². The first-order valence-electron chi connectivity index (χ1n) is 19.0. The van der Waals surface area contributed by atoms with E-state index in [-0.39, 0.29) is 0 Å². The Morgan fingerprint density at radius 2 is 1.18 bits per heavy atom. The van der Waals surface area contributed by atoms with Crippen molar-refractivity contribution in [1.29, 1.82) is 0 Å². The zero-order valence-corrected chi connectivity index (χ0v) is 31.0. The third kappa shape index (κ3) is 4.57. The van der Waals surface area contributed by atoms with E-state index in [1.165, 1.54) is 52.9 Å². The van der Waals surface area contributed by atoms with Crippen LogP contribution in [0.1, 0.15) is 0 Å². The van der Waals surface area contributed by atoms with Crippen molar-refractivity contribution in [2.75, 3.05) is 4.90 Å². The molecule has 0 aliphatic carbocycles. The summed E-state index contributed by atoms with van der Waals surface area (Å²) in [4.78, 5) is 2.46. The monoisotopic (exact) mass is 732 g/mol. The summed E-state index contributed by atoms with van der Waals surface area (Å²) in [6.07, 6.45) is 0. The molecule has 4 heteroatoms. The average molecular weight is 733 g/mol. The lowest BCUT2D eigenvalue weighted by Crippen LogP contribution is -2.10. The summed E-state index contributed by atoms with van der Waals surface area (Å²) in [7, 11) is 0. The molecule has 0 aliphatic heterocycles. The molecule has 56 heavy (non-hydrogen) atoms. The van der Waals surface area contributed by atoms with E-state index in [9.17, 15) is 0 Å². The molecule has 0 aliphatic rings. The smallest absolute Gasteiger partial charge is 0.143 e. The first kappa shape index (κ1) is 31.2. The minimum absolute atomic E-state index is 0.872. The summed E-state index contributed by atoms with van der Waals surface area (Å²) in [5.74, 6) is 0. The Bertz CT molecular complexity index is 3500. The van der Waals surface area contributed by atoms with Gasteiger partial charge >= 0.3 is 0 Å². The number of aromatic nitrogens is 1. The van der Waals surface area contributed by atoms with Crippen LogP contribution >= 0.6 is 11.3 Å². The normalized spacial score (nSPS) is 11.9. The molecule has 3 heterocycles. The molecule has 0 atom stereocenters. The Labute approximate surface area is 326 Å². The van der Waals surface area contributed by atoms with Crippen LogP contribution in [0, 0.1) is 0 Å². The van der Waals surface area contributed by atoms with Crippen molar-refractivity contribution in [3.8, 4) is 16.8 Å². The number of fused-ring (bicyclic) bond motifs is 11. The number of benzene rings is 9. The van der Waals surface area contributed by atoms with Gasteiger partial charge in [0, 0.05) is 48.4 Å². The lowest BCUT2D eigenvalue weighted by molar-refractivity contribution is 0.672. The Morgan fingerprint density at radius 1 is 0.464 bits per heavy atom. The van der Waals surface area contributed by atoms with E-state index in [4.69, 9.17) is 4.42 Å². The van der Waals surface area contributed by atoms with Crippen molar-refractivity contribution in [3.63, 3.8) is 0 Å². The molecule has 3 aromatic heterocycles. The fourth-order valence-electron chi connectivity index (χ4n) is 8.97. The van der Waals surface area contributed by atoms with Crippen molar-refractivity contribution < 1.29 is 4.42 Å². The summed E-state index contributed by atoms with van der Waals surface area (Å²) in [6, 6.07) is 70.1. The van der Waals surface area contributed by atoms with Crippen LogP contribution in [0.3, 0.4) is 0 Å². The SMILES string of the molecule is c1ccc(-n2c3ccccc3c3c(-c4cccc(N(c5cccc6c5sc5ccccc56)c5cccc6oc7c8ccccc8ccc7c56)c4)cccc32)cc1. The highest BCUT2D eigenvalue weighted by molar-refractivity contribution is 7.26. The van der Waals surface area contributed by atoms with Crippen LogP contribution < -0.4 is 4.90 Å². The molecule has 3 nitrogen and oxygen atoms in total. The van der Waals surface area contributed by atoms with E-state index >= 15 is 0 Å². The number of furan rings is 1. The third-order valence-electron chi connectivity index (χ3n) is 11.4. The predicted octanol–water partition coefficient (Wildman–Crippen LogP) is 15.3. The van der Waals surface area contributed by atoms with Crippen LogP contribution in [0.15, 0.2) is 199 Å². The predicted molar refractivity (Wildman–Crippen MR) is 239 cm³/mol. The van der Waals surface area contributed by atoms with Crippen molar-refractivity contribution in [2.45, 2.75) is 0 Å². The topological polar surface area (TPSA) is 21.3 Å². The van der Waals surface area contributed by atoms with Crippen LogP contribution in [-0.4, -0.2) is 4.57 Å². The van der Waals surface area contributed by atoms with E-state index in [1.54, 1.807) is 0 Å². The van der Waals surface area contributed by atoms with Crippen LogP contribution in [0.5, 0.6) is 0 Å². The number of rotatable bonds is 5. The summed E-state index contributed by atoms with van der Waals surface area (Å²) in [6.45, 7) is 0. The van der Waals surface area contributed by atoms with E-state index in [1.807, 2.05) is 11.3 Å². The zero-order chi connectivity index (χ0) is 36.7. The Kier molecular flexibility index (Phi) is 6.80. The lowest BCUT2D eigenvalue weighted by atomic mass is 9.98. The minimum Gasteiger partial charge on any atom is -0.455 e. The molecular formula is C52H32N2OS. The molecule has 0 fully saturated rings. The Balaban J connectivity index is 1.14. The molecule has 12 aromatic rings. The van der Waals surface area contributed by atoms with Crippen molar-refractivity contribution >= 4 is 103 Å². The highest BCUT2D eigenvalue weighted by Gasteiger charge is 2.24. The Morgan fingerprint density at radius 3 is 2.11 bits per heavy atom. The maximum atomic E-state index is 6.76. The van der Waals surface area contributed by atoms with Gasteiger partial charge in [-0.15, -0.1) is 11.3 Å². The number of hydrogen-bond donors (Lipinski definition) is 0. The fraction of sp³-hybridized carbons (Fsp3) is 0. The van der Waals surface area contributed by atoms with Crippen molar-refractivity contribution in [1.82, 2.24) is 4.57 Å². The Hall–Kier alpha value is -7.14. The van der Waals surface area contributed by atoms with Gasteiger partial charge in [-0.3, -0.25) is 0 Å². The summed E-state index contributed by atoms with van der Waals surface area (Å²) < 4.78 is 11.7. The van der Waals surface area contributed by atoms with Gasteiger partial charge in [-0.05, 0) is 83.2 Å². The fourth-order valence-corrected chi connectivity index (χ4v) is 10.2. The number of hydrogen-bond acceptors (Lipinski definition) is 3. The number of para-hydroxylation sites is 2. The maximum Gasteiger partial charge on any atom is 0.143 e. The van der Waals surface area contributed by atoms with Crippen molar-refractivity contribution in [2.24, 2.45) is 0 Å². The van der Waals surface area contributed by atoms with Crippen LogP contribution in [0.4, 0.5) is 17.1 Å². The van der Waals surface area contributed by atoms with E-state index in [0.717, 1.165) is 55.6 Å². The summed E-state index contributed by atoms with van der Waals surface area (Å²) in [5.41, 5.74) is 11.0. The quantitative estimate of drug-likeness (QED) is 0.176. The van der Waals surface area contributed by atoms with Crippen LogP contribution in [-0.2, 0) is 0 Å². The van der Waals surface area contributed by atoms with E-state index in [0.29, 0.717) is 0 Å². The average Bonchev–Trinajstić information content (AvgIpc) is 3.95. The van der Waals surface area contributed by atoms with E-state index in [2.05, 4.69) is 204 Å². The first-order chi connectivity index (χ1) is 27.8. The van der Waals surface area contributed by atoms with Crippen molar-refractivity contribution in [3.05, 3.63) is 194 Å². The van der Waals surface area contributed by atoms with E-state index < -0.39 is 0 Å². The molecule has 12 rings (SSSR count). The number of thiophene rings is 1. The molecule has 0 bridgehead atoms. The second kappa shape index (κ2) is 12.2. The molecule has 0 saturated heterocycles. The maximum absolute atomic E-state index is 6.76. The van der Waals surface area contributed by atoms with Crippen LogP contribution in [0.25, 0.3) is 91.5 Å². The standard InChI is InChI=1S/C52H32N2OS/c1-2-16-35(17-3-1)53-43-24-8-6-21-41(43)49-37(22-11-25-44(49)53)34-15-10-18-36(32-34)54(46-27-12-23-40-39-20-7-9-29-48(39)56-52(40)46)45-26-13-28-47-50(45)42-31-30-33-14-4-5-19-38(33)51(42)55-47/h1-32H. The molecule has 0 radical (unpaired) electrons. The molecular weight excluding hydrogens is 701 g/mol. The number of nitrogens with zero attached hydrogens (tertiary/aromatic N) is 2. The summed E-state index contributed by atoms with van der Waals surface area (Å²) >= 11 is 1.86. The molecule has 0 unspecified atom stereocenters. The number of anilines is 3. The largest absolute Gasteiger partial charge is 0.455 e. The molecule has 262 valence electrons. The first-order valence-corrected chi connectivity index (χ1v) is 19.8. The van der Waals surface area contributed by atoms with Gasteiger partial charge in [-0.25, -0.2) is 0 Å². The van der Waals surface area contributed by atoms with Gasteiger partial charge in [-0.2, -0.15) is 0 Å². The van der Waals surface area contributed by atoms with Gasteiger partial charge in [0.15, 0.2) is 0 Å². The van der Waals surface area contributed by atoms with Crippen LogP contribution in [0.2, 0.25) is 0 Å². The molecule has 0 amide bonds. The third-order valence-corrected chi connectivity index (χ3v) is 12.6. The summed E-state index contributed by atoms with van der Waals surface area (Å²) in [5, 5.41) is 9.53. The zero-order valence-electron chi connectivity index (χ0n) is 30.2. The molecule has 0 spiro atoms. The second-order valence-electron chi connectivity index (χ2n) is 14.4. The second-order valence-corrected chi connectivity index (χ2v) is 15.5. The molecule has 0 N–H and O–H groups in total. The van der Waals surface area contributed by atoms with Gasteiger partial charge in [0.2, 0.25) is 0 Å². The highest BCUT2D eigenvalue weighted by atomic mass is 32.1. The highest BCUT2D eigenvalue weighted by Crippen LogP contribution is 2.49.